The van der Waals surface area contributed by atoms with E-state index >= 15 is 0 Å². The van der Waals surface area contributed by atoms with E-state index in [9.17, 15) is 65.8 Å². The molecule has 0 amide bonds. The Kier molecular flexibility index (Phi) is 23.3. The maximum atomic E-state index is 12.4. The van der Waals surface area contributed by atoms with Gasteiger partial charge in [0.1, 0.15) is 73.2 Å². The summed E-state index contributed by atoms with van der Waals surface area (Å²) < 4.78 is 21.2. The van der Waals surface area contributed by atoms with E-state index in [0.29, 0.717) is 6.42 Å². The van der Waals surface area contributed by atoms with Crippen LogP contribution in [0.4, 0.5) is 0 Å². The number of aliphatic hydroxyl groups is 11. The van der Waals surface area contributed by atoms with Gasteiger partial charge in [0.2, 0.25) is 11.6 Å². The van der Waals surface area contributed by atoms with Crippen LogP contribution >= 0.6 is 0 Å². The van der Waals surface area contributed by atoms with Gasteiger partial charge in [-0.15, -0.1) is 0 Å². The Labute approximate surface area is 311 Å². The zero-order valence-corrected chi connectivity index (χ0v) is 30.9. The molecular weight excluding hydrogens is 704 g/mol. The van der Waals surface area contributed by atoms with Gasteiger partial charge >= 0.3 is 0 Å². The van der Waals surface area contributed by atoms with Crippen LogP contribution in [0.5, 0.6) is 0 Å². The summed E-state index contributed by atoms with van der Waals surface area (Å²) in [6, 6.07) is 0. The van der Waals surface area contributed by atoms with Gasteiger partial charge in [-0.3, -0.25) is 9.59 Å². The second kappa shape index (κ2) is 25.8. The summed E-state index contributed by atoms with van der Waals surface area (Å²) in [4.78, 5) is 24.8. The Bertz CT molecular complexity index is 1000. The molecule has 2 saturated heterocycles. The summed E-state index contributed by atoms with van der Waals surface area (Å²) in [6.07, 6.45) is -8.87. The van der Waals surface area contributed by atoms with Gasteiger partial charge in [-0.2, -0.15) is 0 Å². The van der Waals surface area contributed by atoms with Crippen molar-refractivity contribution < 1.29 is 84.7 Å². The highest BCUT2D eigenvalue weighted by Gasteiger charge is 2.48. The van der Waals surface area contributed by atoms with Crippen LogP contribution in [-0.4, -0.2) is 173 Å². The molecule has 17 nitrogen and oxygen atoms in total. The lowest BCUT2D eigenvalue weighted by Gasteiger charge is -2.42. The number of ether oxygens (including phenoxy) is 4. The quantitative estimate of drug-likeness (QED) is 0.0318. The largest absolute Gasteiger partial charge is 0.394 e. The van der Waals surface area contributed by atoms with Crippen LogP contribution < -0.4 is 0 Å². The first-order valence-corrected chi connectivity index (χ1v) is 19.3. The van der Waals surface area contributed by atoms with Crippen LogP contribution in [0.3, 0.4) is 0 Å². The van der Waals surface area contributed by atoms with Gasteiger partial charge < -0.3 is 75.1 Å². The SMILES string of the molecule is CCCCCCCCCCCCCCCCCC(=O)C(=O)[C@H](O)[C@@H](O)[C@H](O)[C@H](O)CO[C@H]1O[C@H](CO[C@H]2O[C@H](CO)[C@@H](O)[C@H](O)[C@H]2O)[C@@H](O)[C@H](O)[C@H]1O. The number of hydrogen-bond donors (Lipinski definition) is 11. The monoisotopic (exact) mass is 770 g/mol. The molecule has 2 aliphatic heterocycles. The molecule has 0 aliphatic carbocycles. The Morgan fingerprint density at radius 1 is 0.566 bits per heavy atom. The van der Waals surface area contributed by atoms with Crippen LogP contribution in [0.1, 0.15) is 110 Å². The summed E-state index contributed by atoms with van der Waals surface area (Å²) in [7, 11) is 0. The Balaban J connectivity index is 1.69. The van der Waals surface area contributed by atoms with Gasteiger partial charge in [-0.1, -0.05) is 96.8 Å². The lowest BCUT2D eigenvalue weighted by atomic mass is 9.96. The second-order valence-corrected chi connectivity index (χ2v) is 14.4. The number of carbonyl (C=O) groups is 2. The minimum absolute atomic E-state index is 0.144. The highest BCUT2D eigenvalue weighted by atomic mass is 16.7. The highest BCUT2D eigenvalue weighted by molar-refractivity contribution is 6.38. The summed E-state index contributed by atoms with van der Waals surface area (Å²) in [5.41, 5.74) is 0. The summed E-state index contributed by atoms with van der Waals surface area (Å²) in [5.74, 6) is -2.24. The number of rotatable bonds is 28. The molecule has 0 spiro atoms. The number of unbranched alkanes of at least 4 members (excludes halogenated alkanes) is 14. The molecule has 0 aromatic heterocycles. The highest BCUT2D eigenvalue weighted by Crippen LogP contribution is 2.26. The van der Waals surface area contributed by atoms with Gasteiger partial charge in [0.25, 0.3) is 0 Å². The van der Waals surface area contributed by atoms with Crippen molar-refractivity contribution in [2.24, 2.45) is 0 Å². The smallest absolute Gasteiger partial charge is 0.229 e. The zero-order valence-electron chi connectivity index (χ0n) is 30.9. The molecule has 2 rings (SSSR count). The molecule has 53 heavy (non-hydrogen) atoms. The van der Waals surface area contributed by atoms with Gasteiger partial charge in [0, 0.05) is 6.42 Å². The molecule has 0 bridgehead atoms. The number of carbonyl (C=O) groups excluding carboxylic acids is 2. The number of Topliss-reactive ketones (excluding diaryl/α,β-unsaturated/α-hetero) is 2. The van der Waals surface area contributed by atoms with E-state index in [1.165, 1.54) is 64.2 Å². The average molecular weight is 771 g/mol. The zero-order chi connectivity index (χ0) is 39.5. The predicted molar refractivity (Wildman–Crippen MR) is 186 cm³/mol. The average Bonchev–Trinajstić information content (AvgIpc) is 3.15. The summed E-state index contributed by atoms with van der Waals surface area (Å²) in [5, 5.41) is 112. The molecule has 312 valence electrons. The lowest BCUT2D eigenvalue weighted by molar-refractivity contribution is -0.333. The Hall–Kier alpha value is -1.26. The number of hydrogen-bond acceptors (Lipinski definition) is 17. The van der Waals surface area contributed by atoms with Crippen molar-refractivity contribution in [2.45, 2.75) is 195 Å². The second-order valence-electron chi connectivity index (χ2n) is 14.4. The van der Waals surface area contributed by atoms with Crippen LogP contribution in [0.25, 0.3) is 0 Å². The van der Waals surface area contributed by atoms with Gasteiger partial charge in [-0.25, -0.2) is 0 Å². The van der Waals surface area contributed by atoms with E-state index < -0.39 is 117 Å². The third-order valence-corrected chi connectivity index (χ3v) is 9.99. The molecule has 2 fully saturated rings. The van der Waals surface area contributed by atoms with Crippen molar-refractivity contribution >= 4 is 11.6 Å². The summed E-state index contributed by atoms with van der Waals surface area (Å²) >= 11 is 0. The molecule has 17 heteroatoms. The molecule has 2 aliphatic rings. The predicted octanol–water partition coefficient (Wildman–Crippen LogP) is -1.53. The van der Waals surface area contributed by atoms with Gasteiger partial charge in [0.05, 0.1) is 19.8 Å². The van der Waals surface area contributed by atoms with E-state index in [1.807, 2.05) is 0 Å². The van der Waals surface area contributed by atoms with Crippen molar-refractivity contribution in [1.82, 2.24) is 0 Å². The molecule has 0 aromatic carbocycles. The molecule has 0 aromatic rings. The molecule has 0 saturated carbocycles. The third-order valence-electron chi connectivity index (χ3n) is 9.99. The van der Waals surface area contributed by atoms with Crippen LogP contribution in [-0.2, 0) is 28.5 Å². The van der Waals surface area contributed by atoms with E-state index in [1.54, 1.807) is 0 Å². The molecule has 0 radical (unpaired) electrons. The third kappa shape index (κ3) is 15.7. The lowest BCUT2D eigenvalue weighted by Crippen LogP contribution is -2.62. The van der Waals surface area contributed by atoms with E-state index in [4.69, 9.17) is 18.9 Å². The van der Waals surface area contributed by atoms with Crippen molar-refractivity contribution in [2.75, 3.05) is 19.8 Å². The van der Waals surface area contributed by atoms with Crippen molar-refractivity contribution in [3.8, 4) is 0 Å². The standard InChI is InChI=1S/C36H66O17/c1-2-3-4-5-6-7-8-9-10-11-12-13-14-15-16-17-21(38)25(40)29(44)30(45)26(41)22(39)19-50-35-34(49)32(47)28(43)24(53-35)20-51-36-33(48)31(46)27(42)23(18-37)52-36/h22-24,26-37,39,41-49H,2-20H2,1H3/t22-,23-,24-,26-,27-,28-,29+,30+,31+,32+,33-,34-,35+,36+/m1/s1. The number of ketones is 2. The number of aliphatic hydroxyl groups excluding tert-OH is 11. The van der Waals surface area contributed by atoms with Crippen molar-refractivity contribution in [3.63, 3.8) is 0 Å². The molecule has 2 heterocycles. The molecule has 11 N–H and O–H groups in total. The van der Waals surface area contributed by atoms with E-state index in [-0.39, 0.29) is 6.42 Å². The maximum Gasteiger partial charge on any atom is 0.229 e. The Morgan fingerprint density at radius 2 is 1.00 bits per heavy atom. The maximum absolute atomic E-state index is 12.4. The fourth-order valence-electron chi connectivity index (χ4n) is 6.39. The fraction of sp³-hybridized carbons (Fsp3) is 0.944. The topological polar surface area (TPSA) is 294 Å². The molecule has 14 atom stereocenters. The Morgan fingerprint density at radius 3 is 1.49 bits per heavy atom. The fourth-order valence-corrected chi connectivity index (χ4v) is 6.39. The first-order valence-electron chi connectivity index (χ1n) is 19.3. The first kappa shape index (κ1) is 47.9. The minimum atomic E-state index is -2.33. The van der Waals surface area contributed by atoms with Gasteiger partial charge in [0.15, 0.2) is 12.6 Å². The van der Waals surface area contributed by atoms with Crippen molar-refractivity contribution in [1.29, 1.82) is 0 Å². The van der Waals surface area contributed by atoms with Crippen LogP contribution in [0.15, 0.2) is 0 Å². The van der Waals surface area contributed by atoms with Gasteiger partial charge in [-0.05, 0) is 6.42 Å². The normalized spacial score (nSPS) is 31.5. The molecule has 0 unspecified atom stereocenters. The van der Waals surface area contributed by atoms with E-state index in [0.717, 1.165) is 25.7 Å². The minimum Gasteiger partial charge on any atom is -0.394 e. The summed E-state index contributed by atoms with van der Waals surface area (Å²) in [6.45, 7) is -0.0383. The van der Waals surface area contributed by atoms with Crippen molar-refractivity contribution in [3.05, 3.63) is 0 Å². The molecular formula is C36H66O17. The first-order chi connectivity index (χ1) is 25.3. The van der Waals surface area contributed by atoms with Crippen LogP contribution in [0, 0.1) is 0 Å². The van der Waals surface area contributed by atoms with E-state index in [2.05, 4.69) is 6.92 Å². The van der Waals surface area contributed by atoms with Crippen LogP contribution in [0.2, 0.25) is 0 Å².